The molecule has 2 aromatic carbocycles. The molecule has 0 spiro atoms. The van der Waals surface area contributed by atoms with Crippen LogP contribution < -0.4 is 4.90 Å². The lowest BCUT2D eigenvalue weighted by atomic mass is 9.75. The van der Waals surface area contributed by atoms with Gasteiger partial charge in [-0.1, -0.05) is 68.8 Å². The summed E-state index contributed by atoms with van der Waals surface area (Å²) in [6.07, 6.45) is 4.35. The molecule has 2 aromatic rings. The Morgan fingerprint density at radius 2 is 1.73 bits per heavy atom. The van der Waals surface area contributed by atoms with E-state index in [9.17, 15) is 0 Å². The molecule has 180 valence electrons. The fourth-order valence-corrected chi connectivity index (χ4v) is 6.50. The van der Waals surface area contributed by atoms with E-state index in [1.165, 1.54) is 45.9 Å². The van der Waals surface area contributed by atoms with E-state index < -0.39 is 0 Å². The zero-order valence-electron chi connectivity index (χ0n) is 21.2. The predicted molar refractivity (Wildman–Crippen MR) is 141 cm³/mol. The molecule has 1 saturated heterocycles. The second-order valence-corrected chi connectivity index (χ2v) is 11.7. The predicted octanol–water partition coefficient (Wildman–Crippen LogP) is 7.01. The highest BCUT2D eigenvalue weighted by atomic mass is 32.2. The number of para-hydroxylation sites is 1. The molecule has 0 N–H and O–H groups in total. The number of nitrogens with zero attached hydrogens (tertiary/aromatic N) is 2. The van der Waals surface area contributed by atoms with Gasteiger partial charge in [0.15, 0.2) is 0 Å². The molecule has 2 aliphatic rings. The SMILES string of the molecule is Cc1ccc(Sc2ccccc2N2CCN(CO[C@H]3C[C@H](C)CC[C@@H]3C(C)C)CC2)c(C)c1. The molecule has 4 heteroatoms. The summed E-state index contributed by atoms with van der Waals surface area (Å²) in [5.41, 5.74) is 4.04. The molecule has 33 heavy (non-hydrogen) atoms. The summed E-state index contributed by atoms with van der Waals surface area (Å²) in [6, 6.07) is 15.6. The van der Waals surface area contributed by atoms with Crippen molar-refractivity contribution < 1.29 is 4.74 Å². The molecule has 1 aliphatic heterocycles. The fraction of sp³-hybridized carbons (Fsp3) is 0.586. The van der Waals surface area contributed by atoms with Gasteiger partial charge in [-0.25, -0.2) is 0 Å². The molecule has 1 aliphatic carbocycles. The van der Waals surface area contributed by atoms with Crippen LogP contribution in [0, 0.1) is 31.6 Å². The van der Waals surface area contributed by atoms with E-state index in [1.807, 2.05) is 11.8 Å². The van der Waals surface area contributed by atoms with Crippen LogP contribution in [0.25, 0.3) is 0 Å². The molecule has 3 nitrogen and oxygen atoms in total. The standard InChI is InChI=1S/C29H42N2OS/c1-21(2)25-12-10-23(4)19-27(25)32-20-30-14-16-31(17-15-30)26-8-6-7-9-29(26)33-28-13-11-22(3)18-24(28)5/h6-9,11,13,18,21,23,25,27H,10,12,14-17,19-20H2,1-5H3/t23-,25-,27+/m1/s1. The van der Waals surface area contributed by atoms with Gasteiger partial charge in [0.1, 0.15) is 0 Å². The summed E-state index contributed by atoms with van der Waals surface area (Å²) >= 11 is 1.90. The van der Waals surface area contributed by atoms with Crippen LogP contribution in [-0.4, -0.2) is 43.9 Å². The average Bonchev–Trinajstić information content (AvgIpc) is 2.80. The number of hydrogen-bond acceptors (Lipinski definition) is 4. The Bertz CT molecular complexity index is 906. The third-order valence-electron chi connectivity index (χ3n) is 7.56. The summed E-state index contributed by atoms with van der Waals surface area (Å²) in [5.74, 6) is 2.23. The van der Waals surface area contributed by atoms with Gasteiger partial charge in [-0.3, -0.25) is 4.90 Å². The van der Waals surface area contributed by atoms with Crippen LogP contribution in [0.3, 0.4) is 0 Å². The Labute approximate surface area is 205 Å². The van der Waals surface area contributed by atoms with Crippen molar-refractivity contribution in [2.24, 2.45) is 17.8 Å². The lowest BCUT2D eigenvalue weighted by Crippen LogP contribution is -2.48. The summed E-state index contributed by atoms with van der Waals surface area (Å²) in [4.78, 5) is 7.77. The van der Waals surface area contributed by atoms with E-state index in [-0.39, 0.29) is 0 Å². The maximum absolute atomic E-state index is 6.54. The second-order valence-electron chi connectivity index (χ2n) is 10.6. The second kappa shape index (κ2) is 11.3. The molecule has 0 amide bonds. The van der Waals surface area contributed by atoms with Crippen molar-refractivity contribution >= 4 is 17.4 Å². The molecule has 1 heterocycles. The quantitative estimate of drug-likeness (QED) is 0.436. The van der Waals surface area contributed by atoms with Crippen molar-refractivity contribution in [3.63, 3.8) is 0 Å². The summed E-state index contributed by atoms with van der Waals surface area (Å²) < 4.78 is 6.54. The van der Waals surface area contributed by atoms with Gasteiger partial charge in [-0.15, -0.1) is 0 Å². The van der Waals surface area contributed by atoms with E-state index in [1.54, 1.807) is 0 Å². The number of anilines is 1. The monoisotopic (exact) mass is 466 g/mol. The highest BCUT2D eigenvalue weighted by molar-refractivity contribution is 7.99. The number of piperazine rings is 1. The molecule has 1 saturated carbocycles. The zero-order valence-corrected chi connectivity index (χ0v) is 22.0. The Balaban J connectivity index is 1.34. The molecule has 3 atom stereocenters. The largest absolute Gasteiger partial charge is 0.368 e. The van der Waals surface area contributed by atoms with Crippen molar-refractivity contribution in [1.82, 2.24) is 4.90 Å². The van der Waals surface area contributed by atoms with Gasteiger partial charge in [0.05, 0.1) is 18.5 Å². The molecule has 0 bridgehead atoms. The third kappa shape index (κ3) is 6.35. The van der Waals surface area contributed by atoms with Gasteiger partial charge in [0.2, 0.25) is 0 Å². The summed E-state index contributed by atoms with van der Waals surface area (Å²) in [5, 5.41) is 0. The molecule has 4 rings (SSSR count). The number of aryl methyl sites for hydroxylation is 2. The Morgan fingerprint density at radius 1 is 0.970 bits per heavy atom. The van der Waals surface area contributed by atoms with Crippen LogP contribution in [0.2, 0.25) is 0 Å². The van der Waals surface area contributed by atoms with Crippen LogP contribution in [-0.2, 0) is 4.74 Å². The summed E-state index contributed by atoms with van der Waals surface area (Å²) in [6.45, 7) is 16.5. The van der Waals surface area contributed by atoms with Crippen molar-refractivity contribution in [3.8, 4) is 0 Å². The first-order valence-electron chi connectivity index (χ1n) is 12.8. The zero-order chi connectivity index (χ0) is 23.4. The van der Waals surface area contributed by atoms with E-state index >= 15 is 0 Å². The van der Waals surface area contributed by atoms with Crippen molar-refractivity contribution in [2.75, 3.05) is 37.8 Å². The lowest BCUT2D eigenvalue weighted by molar-refractivity contribution is -0.0822. The van der Waals surface area contributed by atoms with Gasteiger partial charge in [-0.2, -0.15) is 0 Å². The van der Waals surface area contributed by atoms with E-state index in [4.69, 9.17) is 4.74 Å². The fourth-order valence-electron chi connectivity index (χ4n) is 5.46. The van der Waals surface area contributed by atoms with E-state index in [0.29, 0.717) is 12.0 Å². The minimum atomic E-state index is 0.432. The number of benzene rings is 2. The Kier molecular flexibility index (Phi) is 8.43. The summed E-state index contributed by atoms with van der Waals surface area (Å²) in [7, 11) is 0. The smallest absolute Gasteiger partial charge is 0.0995 e. The minimum absolute atomic E-state index is 0.432. The van der Waals surface area contributed by atoms with Crippen LogP contribution >= 0.6 is 11.8 Å². The first-order valence-corrected chi connectivity index (χ1v) is 13.7. The van der Waals surface area contributed by atoms with Crippen LogP contribution in [0.4, 0.5) is 5.69 Å². The van der Waals surface area contributed by atoms with Gasteiger partial charge in [-0.05, 0) is 68.2 Å². The average molecular weight is 467 g/mol. The first kappa shape index (κ1) is 24.6. The number of rotatable bonds is 7. The highest BCUT2D eigenvalue weighted by Gasteiger charge is 2.32. The Hall–Kier alpha value is -1.49. The topological polar surface area (TPSA) is 15.7 Å². The van der Waals surface area contributed by atoms with Gasteiger partial charge >= 0.3 is 0 Å². The Morgan fingerprint density at radius 3 is 2.45 bits per heavy atom. The molecule has 0 unspecified atom stereocenters. The minimum Gasteiger partial charge on any atom is -0.368 e. The van der Waals surface area contributed by atoms with Gasteiger partial charge in [0, 0.05) is 36.0 Å². The maximum atomic E-state index is 6.54. The molecule has 0 aromatic heterocycles. The van der Waals surface area contributed by atoms with Gasteiger partial charge in [0.25, 0.3) is 0 Å². The van der Waals surface area contributed by atoms with E-state index in [2.05, 4.69) is 86.9 Å². The van der Waals surface area contributed by atoms with Crippen molar-refractivity contribution in [1.29, 1.82) is 0 Å². The molecule has 0 radical (unpaired) electrons. The van der Waals surface area contributed by atoms with Crippen molar-refractivity contribution in [2.45, 2.75) is 69.8 Å². The highest BCUT2D eigenvalue weighted by Crippen LogP contribution is 2.38. The van der Waals surface area contributed by atoms with Crippen LogP contribution in [0.5, 0.6) is 0 Å². The first-order chi connectivity index (χ1) is 15.9. The van der Waals surface area contributed by atoms with Crippen molar-refractivity contribution in [3.05, 3.63) is 53.6 Å². The lowest BCUT2D eigenvalue weighted by Gasteiger charge is -2.40. The number of hydrogen-bond donors (Lipinski definition) is 0. The maximum Gasteiger partial charge on any atom is 0.0995 e. The molecular formula is C29H42N2OS. The van der Waals surface area contributed by atoms with Gasteiger partial charge < -0.3 is 9.64 Å². The molecular weight excluding hydrogens is 424 g/mol. The third-order valence-corrected chi connectivity index (χ3v) is 8.80. The number of ether oxygens (including phenoxy) is 1. The van der Waals surface area contributed by atoms with E-state index in [0.717, 1.165) is 44.7 Å². The molecule has 2 fully saturated rings. The normalized spacial score (nSPS) is 24.4. The van der Waals surface area contributed by atoms with Crippen LogP contribution in [0.1, 0.15) is 51.2 Å². The van der Waals surface area contributed by atoms with Crippen LogP contribution in [0.15, 0.2) is 52.3 Å².